The highest BCUT2D eigenvalue weighted by atomic mass is 16.5. The van der Waals surface area contributed by atoms with Crippen LogP contribution in [0.5, 0.6) is 0 Å². The van der Waals surface area contributed by atoms with E-state index in [2.05, 4.69) is 5.32 Å². The molecule has 6 nitrogen and oxygen atoms in total. The van der Waals surface area contributed by atoms with E-state index in [9.17, 15) is 14.4 Å². The Kier molecular flexibility index (Phi) is 6.71. The van der Waals surface area contributed by atoms with Crippen molar-refractivity contribution in [3.63, 3.8) is 0 Å². The molecule has 0 radical (unpaired) electrons. The van der Waals surface area contributed by atoms with Gasteiger partial charge in [0.25, 0.3) is 11.8 Å². The Morgan fingerprint density at radius 3 is 2.04 bits per heavy atom. The van der Waals surface area contributed by atoms with Crippen LogP contribution in [0.3, 0.4) is 0 Å². The molecule has 0 aromatic heterocycles. The third-order valence-corrected chi connectivity index (χ3v) is 3.91. The maximum Gasteiger partial charge on any atom is 0.339 e. The second-order valence-electron chi connectivity index (χ2n) is 6.46. The van der Waals surface area contributed by atoms with Crippen molar-refractivity contribution in [1.29, 1.82) is 0 Å². The Bertz CT molecular complexity index is 818. The predicted octanol–water partition coefficient (Wildman–Crippen LogP) is 3.03. The van der Waals surface area contributed by atoms with E-state index >= 15 is 0 Å². The van der Waals surface area contributed by atoms with E-state index in [1.165, 1.54) is 17.9 Å². The third-order valence-electron chi connectivity index (χ3n) is 3.91. The first-order chi connectivity index (χ1) is 12.8. The lowest BCUT2D eigenvalue weighted by atomic mass is 10.1. The van der Waals surface area contributed by atoms with Gasteiger partial charge >= 0.3 is 5.97 Å². The summed E-state index contributed by atoms with van der Waals surface area (Å²) in [6, 6.07) is 15.5. The second-order valence-corrected chi connectivity index (χ2v) is 6.46. The summed E-state index contributed by atoms with van der Waals surface area (Å²) in [4.78, 5) is 38.9. The second kappa shape index (κ2) is 8.98. The van der Waals surface area contributed by atoms with Gasteiger partial charge in [-0.3, -0.25) is 9.59 Å². The zero-order chi connectivity index (χ0) is 20.0. The standard InChI is InChI=1S/C21H24N2O4/c1-14(2)22-19(24)15(3)27-21(26)18-13-9-8-12-17(18)20(25)23(4)16-10-6-5-7-11-16/h5-15H,1-4H3,(H,22,24). The first kappa shape index (κ1) is 20.2. The number of anilines is 1. The largest absolute Gasteiger partial charge is 0.449 e. The van der Waals surface area contributed by atoms with Gasteiger partial charge in [-0.25, -0.2) is 4.79 Å². The maximum absolute atomic E-state index is 12.9. The number of rotatable bonds is 6. The van der Waals surface area contributed by atoms with Crippen LogP contribution in [0.2, 0.25) is 0 Å². The Hall–Kier alpha value is -3.15. The SMILES string of the molecule is CC(C)NC(=O)C(C)OC(=O)c1ccccc1C(=O)N(C)c1ccccc1. The predicted molar refractivity (Wildman–Crippen MR) is 104 cm³/mol. The van der Waals surface area contributed by atoms with Gasteiger partial charge < -0.3 is 15.0 Å². The van der Waals surface area contributed by atoms with Gasteiger partial charge in [0.15, 0.2) is 6.10 Å². The molecule has 1 unspecified atom stereocenters. The monoisotopic (exact) mass is 368 g/mol. The van der Waals surface area contributed by atoms with E-state index in [-0.39, 0.29) is 29.0 Å². The van der Waals surface area contributed by atoms with Gasteiger partial charge in [-0.15, -0.1) is 0 Å². The number of hydrogen-bond acceptors (Lipinski definition) is 4. The van der Waals surface area contributed by atoms with Crippen molar-refractivity contribution in [3.8, 4) is 0 Å². The number of hydrogen-bond donors (Lipinski definition) is 1. The van der Waals surface area contributed by atoms with Gasteiger partial charge in [0, 0.05) is 18.8 Å². The van der Waals surface area contributed by atoms with E-state index in [1.54, 1.807) is 37.4 Å². The fourth-order valence-electron chi connectivity index (χ4n) is 2.48. The number of para-hydroxylation sites is 1. The minimum atomic E-state index is -0.963. The van der Waals surface area contributed by atoms with Crippen LogP contribution in [0.4, 0.5) is 5.69 Å². The Labute approximate surface area is 159 Å². The molecule has 0 aliphatic carbocycles. The summed E-state index contributed by atoms with van der Waals surface area (Å²) in [6.07, 6.45) is -0.963. The average Bonchev–Trinajstić information content (AvgIpc) is 2.66. The molecule has 1 atom stereocenters. The average molecular weight is 368 g/mol. The Morgan fingerprint density at radius 1 is 0.889 bits per heavy atom. The number of carbonyl (C=O) groups excluding carboxylic acids is 3. The highest BCUT2D eigenvalue weighted by Gasteiger charge is 2.24. The van der Waals surface area contributed by atoms with Gasteiger partial charge in [-0.1, -0.05) is 30.3 Å². The summed E-state index contributed by atoms with van der Waals surface area (Å²) in [5, 5.41) is 2.69. The summed E-state index contributed by atoms with van der Waals surface area (Å²) in [5.74, 6) is -1.44. The number of benzene rings is 2. The van der Waals surface area contributed by atoms with Crippen LogP contribution >= 0.6 is 0 Å². The van der Waals surface area contributed by atoms with E-state index in [4.69, 9.17) is 4.74 Å². The molecule has 27 heavy (non-hydrogen) atoms. The molecule has 0 bridgehead atoms. The summed E-state index contributed by atoms with van der Waals surface area (Å²) < 4.78 is 5.25. The summed E-state index contributed by atoms with van der Waals surface area (Å²) in [7, 11) is 1.64. The van der Waals surface area contributed by atoms with Gasteiger partial charge in [-0.2, -0.15) is 0 Å². The molecule has 0 spiro atoms. The van der Waals surface area contributed by atoms with Crippen LogP contribution in [0.1, 0.15) is 41.5 Å². The molecule has 2 rings (SSSR count). The van der Waals surface area contributed by atoms with Gasteiger partial charge in [0.1, 0.15) is 0 Å². The zero-order valence-electron chi connectivity index (χ0n) is 15.9. The molecular weight excluding hydrogens is 344 g/mol. The lowest BCUT2D eigenvalue weighted by Gasteiger charge is -2.20. The minimum Gasteiger partial charge on any atom is -0.449 e. The normalized spacial score (nSPS) is 11.6. The first-order valence-corrected chi connectivity index (χ1v) is 8.74. The maximum atomic E-state index is 12.9. The van der Waals surface area contributed by atoms with Crippen molar-refractivity contribution in [2.75, 3.05) is 11.9 Å². The van der Waals surface area contributed by atoms with Crippen molar-refractivity contribution in [2.24, 2.45) is 0 Å². The van der Waals surface area contributed by atoms with Crippen LogP contribution in [-0.2, 0) is 9.53 Å². The topological polar surface area (TPSA) is 75.7 Å². The van der Waals surface area contributed by atoms with Crippen LogP contribution in [0, 0.1) is 0 Å². The molecule has 0 aliphatic rings. The lowest BCUT2D eigenvalue weighted by Crippen LogP contribution is -2.39. The van der Waals surface area contributed by atoms with Crippen molar-refractivity contribution in [1.82, 2.24) is 5.32 Å². The van der Waals surface area contributed by atoms with Gasteiger partial charge in [-0.05, 0) is 45.0 Å². The number of carbonyl (C=O) groups is 3. The molecule has 6 heteroatoms. The smallest absolute Gasteiger partial charge is 0.339 e. The Morgan fingerprint density at radius 2 is 1.44 bits per heavy atom. The zero-order valence-corrected chi connectivity index (χ0v) is 15.9. The van der Waals surface area contributed by atoms with Crippen molar-refractivity contribution in [2.45, 2.75) is 32.9 Å². The van der Waals surface area contributed by atoms with E-state index < -0.39 is 12.1 Å². The summed E-state index contributed by atoms with van der Waals surface area (Å²) in [6.45, 7) is 5.13. The number of nitrogens with one attached hydrogen (secondary N) is 1. The van der Waals surface area contributed by atoms with Crippen molar-refractivity contribution in [3.05, 3.63) is 65.7 Å². The van der Waals surface area contributed by atoms with Crippen LogP contribution in [0.15, 0.2) is 54.6 Å². The van der Waals surface area contributed by atoms with Crippen molar-refractivity contribution < 1.29 is 19.1 Å². The van der Waals surface area contributed by atoms with Gasteiger partial charge in [0.05, 0.1) is 11.1 Å². The molecule has 0 saturated heterocycles. The number of nitrogens with zero attached hydrogens (tertiary/aromatic N) is 1. The van der Waals surface area contributed by atoms with Crippen LogP contribution in [-0.4, -0.2) is 37.0 Å². The molecule has 0 aliphatic heterocycles. The molecule has 0 fully saturated rings. The highest BCUT2D eigenvalue weighted by molar-refractivity contribution is 6.12. The van der Waals surface area contributed by atoms with Crippen LogP contribution in [0.25, 0.3) is 0 Å². The van der Waals surface area contributed by atoms with Crippen LogP contribution < -0.4 is 10.2 Å². The minimum absolute atomic E-state index is 0.0629. The number of esters is 1. The first-order valence-electron chi connectivity index (χ1n) is 8.74. The summed E-state index contributed by atoms with van der Waals surface area (Å²) >= 11 is 0. The molecule has 2 aromatic rings. The van der Waals surface area contributed by atoms with Gasteiger partial charge in [0.2, 0.25) is 0 Å². The molecule has 142 valence electrons. The number of ether oxygens (including phenoxy) is 1. The molecule has 2 amide bonds. The van der Waals surface area contributed by atoms with Crippen molar-refractivity contribution >= 4 is 23.5 Å². The lowest BCUT2D eigenvalue weighted by molar-refractivity contribution is -0.129. The molecular formula is C21H24N2O4. The Balaban J connectivity index is 2.21. The fraction of sp³-hybridized carbons (Fsp3) is 0.286. The molecule has 0 heterocycles. The van der Waals surface area contributed by atoms with E-state index in [0.717, 1.165) is 0 Å². The van der Waals surface area contributed by atoms with E-state index in [0.29, 0.717) is 5.69 Å². The summed E-state index contributed by atoms with van der Waals surface area (Å²) in [5.41, 5.74) is 1.04. The number of amides is 2. The highest BCUT2D eigenvalue weighted by Crippen LogP contribution is 2.18. The third kappa shape index (κ3) is 5.17. The van der Waals surface area contributed by atoms with E-state index in [1.807, 2.05) is 32.0 Å². The fourth-order valence-corrected chi connectivity index (χ4v) is 2.48. The molecule has 1 N–H and O–H groups in total. The quantitative estimate of drug-likeness (QED) is 0.795. The molecule has 2 aromatic carbocycles. The molecule has 0 saturated carbocycles.